The van der Waals surface area contributed by atoms with Gasteiger partial charge < -0.3 is 14.8 Å². The molecule has 0 fully saturated rings. The number of nitrogens with one attached hydrogen (secondary N) is 1. The monoisotopic (exact) mass is 161 g/mol. The predicted molar refractivity (Wildman–Crippen MR) is 46.8 cm³/mol. The largest absolute Gasteiger partial charge is 0.374 e. The van der Waals surface area contributed by atoms with Gasteiger partial charge in [0.2, 0.25) is 0 Å². The molecule has 68 valence electrons. The lowest BCUT2D eigenvalue weighted by Crippen LogP contribution is -2.04. The minimum Gasteiger partial charge on any atom is -0.374 e. The molecule has 0 aromatic heterocycles. The highest BCUT2D eigenvalue weighted by atomic mass is 16.5. The molecule has 0 aliphatic carbocycles. The quantitative estimate of drug-likeness (QED) is 0.621. The number of ether oxygens (including phenoxy) is 1. The van der Waals surface area contributed by atoms with Gasteiger partial charge in [0.1, 0.15) is 12.4 Å². The van der Waals surface area contributed by atoms with Crippen LogP contribution in [0.1, 0.15) is 20.3 Å². The molecule has 0 unspecified atom stereocenters. The van der Waals surface area contributed by atoms with E-state index in [9.17, 15) is 4.79 Å². The smallest absolute Gasteiger partial charge is 0.148 e. The van der Waals surface area contributed by atoms with Gasteiger partial charge in [-0.2, -0.15) is 0 Å². The minimum absolute atomic E-state index is 0.245. The van der Waals surface area contributed by atoms with Crippen molar-refractivity contribution in [1.29, 1.82) is 0 Å². The molecule has 3 heteroatoms. The highest BCUT2D eigenvalue weighted by Gasteiger charge is 1.88. The van der Waals surface area contributed by atoms with Gasteiger partial charge in [-0.05, 0) is 26.9 Å². The Hall–Kier alpha value is -0.410. The van der Waals surface area contributed by atoms with E-state index in [4.69, 9.17) is 0 Å². The molecule has 0 aliphatic heterocycles. The molecule has 0 saturated carbocycles. The van der Waals surface area contributed by atoms with Gasteiger partial charge in [-0.25, -0.2) is 0 Å². The average Bonchev–Trinajstić information content (AvgIpc) is 2.06. The van der Waals surface area contributed by atoms with E-state index >= 15 is 0 Å². The first kappa shape index (κ1) is 13.2. The topological polar surface area (TPSA) is 38.3 Å². The predicted octanol–water partition coefficient (Wildman–Crippen LogP) is 0.836. The summed E-state index contributed by atoms with van der Waals surface area (Å²) in [7, 11) is 3.46. The van der Waals surface area contributed by atoms with Crippen molar-refractivity contribution in [2.24, 2.45) is 0 Å². The van der Waals surface area contributed by atoms with Gasteiger partial charge in [-0.1, -0.05) is 6.92 Å². The van der Waals surface area contributed by atoms with Crippen molar-refractivity contribution < 1.29 is 9.53 Å². The maximum atomic E-state index is 9.61. The zero-order valence-corrected chi connectivity index (χ0v) is 7.89. The van der Waals surface area contributed by atoms with Crippen LogP contribution in [0.15, 0.2) is 0 Å². The molecule has 0 radical (unpaired) electrons. The summed E-state index contributed by atoms with van der Waals surface area (Å²) in [6, 6.07) is 0. The molecule has 0 aromatic rings. The van der Waals surface area contributed by atoms with E-state index in [1.54, 1.807) is 6.92 Å². The van der Waals surface area contributed by atoms with Crippen LogP contribution in [0.25, 0.3) is 0 Å². The van der Waals surface area contributed by atoms with Crippen molar-refractivity contribution in [3.05, 3.63) is 0 Å². The van der Waals surface area contributed by atoms with E-state index in [1.807, 2.05) is 7.05 Å². The zero-order valence-electron chi connectivity index (χ0n) is 7.89. The third kappa shape index (κ3) is 17.7. The van der Waals surface area contributed by atoms with E-state index in [0.717, 1.165) is 12.8 Å². The van der Waals surface area contributed by atoms with Crippen LogP contribution in [-0.4, -0.2) is 33.1 Å². The summed E-state index contributed by atoms with van der Waals surface area (Å²) in [5.74, 6) is 0. The molecule has 0 aromatic carbocycles. The van der Waals surface area contributed by atoms with Crippen molar-refractivity contribution in [2.75, 3.05) is 20.7 Å². The Bertz CT molecular complexity index is 74.5. The molecular formula is C8H19NO2. The molecule has 0 spiro atoms. The van der Waals surface area contributed by atoms with Crippen molar-refractivity contribution in [1.82, 2.24) is 5.32 Å². The molecule has 3 nitrogen and oxygen atoms in total. The lowest BCUT2D eigenvalue weighted by molar-refractivity contribution is -0.115. The van der Waals surface area contributed by atoms with Gasteiger partial charge in [0.25, 0.3) is 0 Å². The van der Waals surface area contributed by atoms with Gasteiger partial charge in [0, 0.05) is 7.11 Å². The third-order valence-corrected chi connectivity index (χ3v) is 1.06. The van der Waals surface area contributed by atoms with Gasteiger partial charge in [0.05, 0.1) is 0 Å². The summed E-state index contributed by atoms with van der Waals surface area (Å²) < 4.78 is 4.53. The lowest BCUT2D eigenvalue weighted by Gasteiger charge is -1.93. The van der Waals surface area contributed by atoms with Crippen LogP contribution in [0.3, 0.4) is 0 Å². The van der Waals surface area contributed by atoms with E-state index < -0.39 is 0 Å². The second kappa shape index (κ2) is 12.3. The standard InChI is InChI=1S/C4H11N.C4H8O2/c1-3-4-5-2;1-4(3-5)6-2/h5H,3-4H2,1-2H3;3-4H,1-2H3/t;4-/m.1/s1. The van der Waals surface area contributed by atoms with Gasteiger partial charge >= 0.3 is 0 Å². The summed E-state index contributed by atoms with van der Waals surface area (Å²) in [5.41, 5.74) is 0. The van der Waals surface area contributed by atoms with E-state index in [2.05, 4.69) is 17.0 Å². The molecule has 0 heterocycles. The van der Waals surface area contributed by atoms with Gasteiger partial charge in [0.15, 0.2) is 0 Å². The Morgan fingerprint density at radius 3 is 2.18 bits per heavy atom. The molecular weight excluding hydrogens is 142 g/mol. The number of methoxy groups -OCH3 is 1. The number of aldehydes is 1. The van der Waals surface area contributed by atoms with Crippen LogP contribution in [0.4, 0.5) is 0 Å². The first-order valence-electron chi connectivity index (χ1n) is 3.85. The first-order chi connectivity index (χ1) is 5.22. The van der Waals surface area contributed by atoms with Gasteiger partial charge in [-0.15, -0.1) is 0 Å². The maximum Gasteiger partial charge on any atom is 0.148 e. The summed E-state index contributed by atoms with van der Waals surface area (Å²) in [4.78, 5) is 9.61. The summed E-state index contributed by atoms with van der Waals surface area (Å²) >= 11 is 0. The van der Waals surface area contributed by atoms with Crippen LogP contribution in [0.2, 0.25) is 0 Å². The lowest BCUT2D eigenvalue weighted by atomic mass is 10.5. The Balaban J connectivity index is 0. The van der Waals surface area contributed by atoms with Crippen molar-refractivity contribution in [2.45, 2.75) is 26.4 Å². The highest BCUT2D eigenvalue weighted by molar-refractivity contribution is 5.54. The Morgan fingerprint density at radius 1 is 1.64 bits per heavy atom. The fourth-order valence-corrected chi connectivity index (χ4v) is 0.306. The van der Waals surface area contributed by atoms with Crippen LogP contribution >= 0.6 is 0 Å². The van der Waals surface area contributed by atoms with E-state index in [0.29, 0.717) is 0 Å². The number of carbonyl (C=O) groups is 1. The maximum absolute atomic E-state index is 9.61. The van der Waals surface area contributed by atoms with Crippen LogP contribution < -0.4 is 5.32 Å². The molecule has 0 aliphatic rings. The molecule has 0 bridgehead atoms. The van der Waals surface area contributed by atoms with E-state index in [-0.39, 0.29) is 6.10 Å². The number of carbonyl (C=O) groups excluding carboxylic acids is 1. The molecule has 0 saturated heterocycles. The van der Waals surface area contributed by atoms with Crippen LogP contribution in [0, 0.1) is 0 Å². The minimum atomic E-state index is -0.245. The van der Waals surface area contributed by atoms with Crippen LogP contribution in [0.5, 0.6) is 0 Å². The normalized spacial score (nSPS) is 11.3. The third-order valence-electron chi connectivity index (χ3n) is 1.06. The molecule has 11 heavy (non-hydrogen) atoms. The summed E-state index contributed by atoms with van der Waals surface area (Å²) in [5, 5.41) is 3.02. The van der Waals surface area contributed by atoms with Gasteiger partial charge in [-0.3, -0.25) is 0 Å². The van der Waals surface area contributed by atoms with Crippen molar-refractivity contribution >= 4 is 6.29 Å². The Labute approximate surface area is 69.1 Å². The molecule has 0 rings (SSSR count). The number of hydrogen-bond donors (Lipinski definition) is 1. The second-order valence-corrected chi connectivity index (χ2v) is 2.18. The van der Waals surface area contributed by atoms with Crippen molar-refractivity contribution in [3.63, 3.8) is 0 Å². The van der Waals surface area contributed by atoms with Crippen LogP contribution in [-0.2, 0) is 9.53 Å². The summed E-state index contributed by atoms with van der Waals surface area (Å²) in [6.45, 7) is 4.98. The highest BCUT2D eigenvalue weighted by Crippen LogP contribution is 1.75. The molecule has 1 atom stereocenters. The van der Waals surface area contributed by atoms with Crippen molar-refractivity contribution in [3.8, 4) is 0 Å². The van der Waals surface area contributed by atoms with E-state index in [1.165, 1.54) is 13.5 Å². The Kier molecular flexibility index (Phi) is 14.7. The first-order valence-corrected chi connectivity index (χ1v) is 3.85. The number of rotatable bonds is 4. The average molecular weight is 161 g/mol. The Morgan fingerprint density at radius 2 is 2.18 bits per heavy atom. The number of hydrogen-bond acceptors (Lipinski definition) is 3. The second-order valence-electron chi connectivity index (χ2n) is 2.18. The zero-order chi connectivity index (χ0) is 9.11. The summed E-state index contributed by atoms with van der Waals surface area (Å²) in [6.07, 6.45) is 1.74. The SMILES string of the molecule is CCCNC.CO[C@H](C)C=O. The molecule has 0 amide bonds. The fourth-order valence-electron chi connectivity index (χ4n) is 0.306. The molecule has 1 N–H and O–H groups in total. The fraction of sp³-hybridized carbons (Fsp3) is 0.875.